The lowest BCUT2D eigenvalue weighted by atomic mass is 9.97. The van der Waals surface area contributed by atoms with Crippen molar-refractivity contribution in [1.82, 2.24) is 5.32 Å². The lowest BCUT2D eigenvalue weighted by Crippen LogP contribution is -2.57. The van der Waals surface area contributed by atoms with E-state index in [1.807, 2.05) is 42.5 Å². The summed E-state index contributed by atoms with van der Waals surface area (Å²) in [6, 6.07) is 13.0. The average Bonchev–Trinajstić information content (AvgIpc) is 2.60. The number of ether oxygens (including phenoxy) is 3. The van der Waals surface area contributed by atoms with Crippen LogP contribution in [0.25, 0.3) is 10.8 Å². The van der Waals surface area contributed by atoms with Crippen molar-refractivity contribution >= 4 is 16.9 Å². The molecule has 0 saturated carbocycles. The van der Waals surface area contributed by atoms with Gasteiger partial charge in [-0.2, -0.15) is 0 Å². The zero-order valence-corrected chi connectivity index (χ0v) is 17.3. The zero-order chi connectivity index (χ0) is 20.8. The van der Waals surface area contributed by atoms with Gasteiger partial charge in [0.1, 0.15) is 11.6 Å². The van der Waals surface area contributed by atoms with Crippen LogP contribution in [0.3, 0.4) is 0 Å². The van der Waals surface area contributed by atoms with Gasteiger partial charge in [-0.05, 0) is 51.0 Å². The molecule has 0 aromatic heterocycles. The third kappa shape index (κ3) is 5.92. The Labute approximate surface area is 166 Å². The second kappa shape index (κ2) is 9.37. The fourth-order valence-corrected chi connectivity index (χ4v) is 3.07. The van der Waals surface area contributed by atoms with Gasteiger partial charge in [0.2, 0.25) is 0 Å². The molecular formula is C22H31NO5. The van der Waals surface area contributed by atoms with E-state index in [2.05, 4.69) is 5.32 Å². The number of carbonyl (C=O) groups is 1. The van der Waals surface area contributed by atoms with E-state index in [4.69, 9.17) is 14.2 Å². The smallest absolute Gasteiger partial charge is 0.408 e. The maximum atomic E-state index is 12.4. The van der Waals surface area contributed by atoms with Gasteiger partial charge < -0.3 is 24.6 Å². The summed E-state index contributed by atoms with van der Waals surface area (Å²) in [5.74, 6) is -1.97. The number of amides is 1. The van der Waals surface area contributed by atoms with Gasteiger partial charge in [0.05, 0.1) is 0 Å². The summed E-state index contributed by atoms with van der Waals surface area (Å²) in [6.07, 6.45) is -0.340. The Morgan fingerprint density at radius 2 is 1.64 bits per heavy atom. The number of benzene rings is 2. The minimum atomic E-state index is -1.97. The highest BCUT2D eigenvalue weighted by atomic mass is 16.8. The van der Waals surface area contributed by atoms with Crippen LogP contribution in [0, 0.1) is 0 Å². The third-order valence-electron chi connectivity index (χ3n) is 4.14. The standard InChI is InChI=1S/C22H31NO5/c1-6-26-22(25,27-7-2)19(23-20(24)28-21(3,4)5)15-17-13-10-12-16-11-8-9-14-18(16)17/h8-14,19,25H,6-7,15H2,1-5H3,(H,23,24). The van der Waals surface area contributed by atoms with Gasteiger partial charge in [-0.25, -0.2) is 4.79 Å². The van der Waals surface area contributed by atoms with Gasteiger partial charge in [-0.15, -0.1) is 0 Å². The predicted molar refractivity (Wildman–Crippen MR) is 109 cm³/mol. The molecular weight excluding hydrogens is 358 g/mol. The summed E-state index contributed by atoms with van der Waals surface area (Å²) < 4.78 is 16.4. The Balaban J connectivity index is 2.37. The van der Waals surface area contributed by atoms with E-state index in [0.717, 1.165) is 16.3 Å². The number of carbonyl (C=O) groups excluding carboxylic acids is 1. The minimum absolute atomic E-state index is 0.221. The van der Waals surface area contributed by atoms with E-state index < -0.39 is 23.7 Å². The summed E-state index contributed by atoms with van der Waals surface area (Å²) in [4.78, 5) is 12.4. The lowest BCUT2D eigenvalue weighted by molar-refractivity contribution is -0.370. The molecule has 2 aromatic carbocycles. The molecule has 1 unspecified atom stereocenters. The van der Waals surface area contributed by atoms with Crippen LogP contribution in [-0.4, -0.2) is 42.0 Å². The Morgan fingerprint density at radius 3 is 2.25 bits per heavy atom. The Morgan fingerprint density at radius 1 is 1.04 bits per heavy atom. The first kappa shape index (κ1) is 22.1. The number of nitrogens with one attached hydrogen (secondary N) is 1. The van der Waals surface area contributed by atoms with Crippen LogP contribution in [0.2, 0.25) is 0 Å². The van der Waals surface area contributed by atoms with Crippen molar-refractivity contribution in [2.45, 2.75) is 58.7 Å². The number of fused-ring (bicyclic) bond motifs is 1. The largest absolute Gasteiger partial charge is 0.444 e. The van der Waals surface area contributed by atoms with Crippen molar-refractivity contribution < 1.29 is 24.1 Å². The first-order valence-corrected chi connectivity index (χ1v) is 9.65. The topological polar surface area (TPSA) is 77.0 Å². The molecule has 2 rings (SSSR count). The summed E-state index contributed by atoms with van der Waals surface area (Å²) in [5.41, 5.74) is 0.292. The summed E-state index contributed by atoms with van der Waals surface area (Å²) in [5, 5.41) is 15.9. The van der Waals surface area contributed by atoms with Crippen LogP contribution < -0.4 is 5.32 Å². The zero-order valence-electron chi connectivity index (χ0n) is 17.3. The average molecular weight is 389 g/mol. The van der Waals surface area contributed by atoms with E-state index in [1.54, 1.807) is 34.6 Å². The quantitative estimate of drug-likeness (QED) is 0.668. The molecule has 6 nitrogen and oxygen atoms in total. The summed E-state index contributed by atoms with van der Waals surface area (Å²) in [7, 11) is 0. The molecule has 0 spiro atoms. The van der Waals surface area contributed by atoms with E-state index in [0.29, 0.717) is 6.42 Å². The number of alkyl carbamates (subject to hydrolysis) is 1. The van der Waals surface area contributed by atoms with Crippen LogP contribution in [0.5, 0.6) is 0 Å². The maximum Gasteiger partial charge on any atom is 0.408 e. The molecule has 154 valence electrons. The van der Waals surface area contributed by atoms with Crippen LogP contribution in [0.1, 0.15) is 40.2 Å². The number of hydrogen-bond acceptors (Lipinski definition) is 5. The van der Waals surface area contributed by atoms with Gasteiger partial charge in [0.25, 0.3) is 0 Å². The molecule has 2 aromatic rings. The van der Waals surface area contributed by atoms with Gasteiger partial charge >= 0.3 is 12.1 Å². The Bertz CT molecular complexity index is 773. The highest BCUT2D eigenvalue weighted by Crippen LogP contribution is 2.25. The van der Waals surface area contributed by atoms with E-state index in [-0.39, 0.29) is 13.2 Å². The molecule has 1 atom stereocenters. The molecule has 2 N–H and O–H groups in total. The molecule has 0 bridgehead atoms. The highest BCUT2D eigenvalue weighted by molar-refractivity contribution is 5.85. The molecule has 0 aliphatic carbocycles. The number of rotatable bonds is 8. The fourth-order valence-electron chi connectivity index (χ4n) is 3.07. The molecule has 0 aliphatic heterocycles. The number of hydrogen-bond donors (Lipinski definition) is 2. The van der Waals surface area contributed by atoms with Crippen molar-refractivity contribution in [2.24, 2.45) is 0 Å². The normalized spacial score (nSPS) is 13.4. The van der Waals surface area contributed by atoms with Crippen molar-refractivity contribution in [3.05, 3.63) is 48.0 Å². The third-order valence-corrected chi connectivity index (χ3v) is 4.14. The van der Waals surface area contributed by atoms with Gasteiger partial charge in [0.15, 0.2) is 0 Å². The van der Waals surface area contributed by atoms with Gasteiger partial charge in [0, 0.05) is 19.6 Å². The van der Waals surface area contributed by atoms with E-state index in [1.165, 1.54) is 0 Å². The minimum Gasteiger partial charge on any atom is -0.444 e. The summed E-state index contributed by atoms with van der Waals surface area (Å²) in [6.45, 7) is 9.30. The van der Waals surface area contributed by atoms with E-state index >= 15 is 0 Å². The van der Waals surface area contributed by atoms with Crippen LogP contribution in [0.15, 0.2) is 42.5 Å². The van der Waals surface area contributed by atoms with Gasteiger partial charge in [-0.1, -0.05) is 42.5 Å². The van der Waals surface area contributed by atoms with Crippen molar-refractivity contribution in [1.29, 1.82) is 0 Å². The highest BCUT2D eigenvalue weighted by Gasteiger charge is 2.41. The fraction of sp³-hybridized carbons (Fsp3) is 0.500. The molecule has 1 amide bonds. The SMILES string of the molecule is CCOC(O)(OCC)C(Cc1cccc2ccccc12)NC(=O)OC(C)(C)C. The first-order chi connectivity index (χ1) is 13.2. The van der Waals surface area contributed by atoms with E-state index in [9.17, 15) is 9.90 Å². The van der Waals surface area contributed by atoms with Crippen LogP contribution in [-0.2, 0) is 20.6 Å². The molecule has 0 aliphatic rings. The molecule has 28 heavy (non-hydrogen) atoms. The molecule has 0 radical (unpaired) electrons. The van der Waals surface area contributed by atoms with Crippen molar-refractivity contribution in [2.75, 3.05) is 13.2 Å². The van der Waals surface area contributed by atoms with Gasteiger partial charge in [-0.3, -0.25) is 0 Å². The molecule has 0 heterocycles. The van der Waals surface area contributed by atoms with Crippen LogP contribution >= 0.6 is 0 Å². The second-order valence-corrected chi connectivity index (χ2v) is 7.54. The summed E-state index contributed by atoms with van der Waals surface area (Å²) >= 11 is 0. The lowest BCUT2D eigenvalue weighted by Gasteiger charge is -2.35. The Kier molecular flexibility index (Phi) is 7.41. The van der Waals surface area contributed by atoms with Crippen molar-refractivity contribution in [3.8, 4) is 0 Å². The van der Waals surface area contributed by atoms with Crippen LogP contribution in [0.4, 0.5) is 4.79 Å². The monoisotopic (exact) mass is 389 g/mol. The first-order valence-electron chi connectivity index (χ1n) is 9.65. The molecule has 6 heteroatoms. The Hall–Kier alpha value is -2.15. The second-order valence-electron chi connectivity index (χ2n) is 7.54. The molecule has 0 saturated heterocycles. The maximum absolute atomic E-state index is 12.4. The number of aliphatic hydroxyl groups is 1. The van der Waals surface area contributed by atoms with Crippen molar-refractivity contribution in [3.63, 3.8) is 0 Å². The predicted octanol–water partition coefficient (Wildman–Crippen LogP) is 3.99. The molecule has 0 fully saturated rings.